The molecule has 20 heavy (non-hydrogen) atoms. The molecular formula is C16H20N4. The Morgan fingerprint density at radius 2 is 2.00 bits per heavy atom. The number of aromatic nitrogens is 2. The second-order valence-electron chi connectivity index (χ2n) is 5.39. The predicted octanol–water partition coefficient (Wildman–Crippen LogP) is 2.03. The Kier molecular flexibility index (Phi) is 3.76. The van der Waals surface area contributed by atoms with Gasteiger partial charge in [0.05, 0.1) is 11.7 Å². The molecule has 1 saturated heterocycles. The Morgan fingerprint density at radius 1 is 1.20 bits per heavy atom. The van der Waals surface area contributed by atoms with Gasteiger partial charge in [-0.2, -0.15) is 0 Å². The van der Waals surface area contributed by atoms with E-state index in [1.165, 1.54) is 0 Å². The van der Waals surface area contributed by atoms with Gasteiger partial charge >= 0.3 is 0 Å². The van der Waals surface area contributed by atoms with E-state index in [2.05, 4.69) is 34.4 Å². The number of hydrogen-bond donors (Lipinski definition) is 1. The van der Waals surface area contributed by atoms with E-state index in [-0.39, 0.29) is 6.04 Å². The van der Waals surface area contributed by atoms with Crippen LogP contribution in [-0.2, 0) is 0 Å². The maximum Gasteiger partial charge on any atom is 0.147 e. The van der Waals surface area contributed by atoms with Crippen LogP contribution in [0, 0.1) is 6.92 Å². The number of hydrogen-bond acceptors (Lipinski definition) is 4. The van der Waals surface area contributed by atoms with Crippen LogP contribution in [0.4, 0.5) is 0 Å². The summed E-state index contributed by atoms with van der Waals surface area (Å²) >= 11 is 0. The van der Waals surface area contributed by atoms with Gasteiger partial charge < -0.3 is 10.2 Å². The van der Waals surface area contributed by atoms with Crippen molar-refractivity contribution in [2.24, 2.45) is 0 Å². The van der Waals surface area contributed by atoms with Gasteiger partial charge in [-0.3, -0.25) is 0 Å². The summed E-state index contributed by atoms with van der Waals surface area (Å²) in [5.74, 6) is 0.899. The van der Waals surface area contributed by atoms with Crippen LogP contribution in [0.5, 0.6) is 0 Å². The number of aryl methyl sites for hydroxylation is 1. The molecule has 1 aromatic heterocycles. The molecule has 4 nitrogen and oxygen atoms in total. The lowest BCUT2D eigenvalue weighted by Crippen LogP contribution is -2.44. The van der Waals surface area contributed by atoms with Crippen molar-refractivity contribution in [1.82, 2.24) is 20.2 Å². The first kappa shape index (κ1) is 13.2. The monoisotopic (exact) mass is 268 g/mol. The van der Waals surface area contributed by atoms with Gasteiger partial charge in [-0.1, -0.05) is 30.3 Å². The van der Waals surface area contributed by atoms with E-state index in [1.54, 1.807) is 0 Å². The highest BCUT2D eigenvalue weighted by Gasteiger charge is 2.21. The SMILES string of the molecule is Cc1cc(-c2ccccc2)nc(C2CN(C)CCN2)n1. The molecule has 1 atom stereocenters. The van der Waals surface area contributed by atoms with Crippen molar-refractivity contribution in [3.63, 3.8) is 0 Å². The van der Waals surface area contributed by atoms with Gasteiger partial charge in [0.1, 0.15) is 5.82 Å². The molecule has 0 saturated carbocycles. The number of nitrogens with zero attached hydrogens (tertiary/aromatic N) is 3. The van der Waals surface area contributed by atoms with Crippen LogP contribution in [-0.4, -0.2) is 41.5 Å². The van der Waals surface area contributed by atoms with E-state index >= 15 is 0 Å². The van der Waals surface area contributed by atoms with Crippen LogP contribution in [0.1, 0.15) is 17.6 Å². The predicted molar refractivity (Wildman–Crippen MR) is 80.4 cm³/mol. The average Bonchev–Trinajstić information content (AvgIpc) is 2.47. The molecule has 0 amide bonds. The molecule has 1 aliphatic rings. The van der Waals surface area contributed by atoms with E-state index in [0.717, 1.165) is 42.4 Å². The maximum atomic E-state index is 4.76. The maximum absolute atomic E-state index is 4.76. The molecule has 0 spiro atoms. The molecule has 1 unspecified atom stereocenters. The zero-order chi connectivity index (χ0) is 13.9. The van der Waals surface area contributed by atoms with Crippen LogP contribution in [0.3, 0.4) is 0 Å². The number of piperazine rings is 1. The van der Waals surface area contributed by atoms with Gasteiger partial charge in [0.2, 0.25) is 0 Å². The van der Waals surface area contributed by atoms with Crippen LogP contribution in [0.25, 0.3) is 11.3 Å². The summed E-state index contributed by atoms with van der Waals surface area (Å²) in [6, 6.07) is 12.5. The van der Waals surface area contributed by atoms with E-state index in [1.807, 2.05) is 31.2 Å². The summed E-state index contributed by atoms with van der Waals surface area (Å²) in [5, 5.41) is 3.51. The summed E-state index contributed by atoms with van der Waals surface area (Å²) in [6.45, 7) is 5.05. The number of nitrogens with one attached hydrogen (secondary N) is 1. The topological polar surface area (TPSA) is 41.1 Å². The molecular weight excluding hydrogens is 248 g/mol. The molecule has 1 aromatic carbocycles. The molecule has 0 radical (unpaired) electrons. The standard InChI is InChI=1S/C16H20N4/c1-12-10-14(13-6-4-3-5-7-13)19-16(18-12)15-11-20(2)9-8-17-15/h3-7,10,15,17H,8-9,11H2,1-2H3. The van der Waals surface area contributed by atoms with Crippen molar-refractivity contribution in [3.8, 4) is 11.3 Å². The Hall–Kier alpha value is -1.78. The van der Waals surface area contributed by atoms with Gasteiger partial charge in [-0.05, 0) is 20.0 Å². The lowest BCUT2D eigenvalue weighted by atomic mass is 10.1. The molecule has 104 valence electrons. The summed E-state index contributed by atoms with van der Waals surface area (Å²) in [5.41, 5.74) is 3.16. The van der Waals surface area contributed by atoms with Crippen LogP contribution in [0.15, 0.2) is 36.4 Å². The fraction of sp³-hybridized carbons (Fsp3) is 0.375. The second-order valence-corrected chi connectivity index (χ2v) is 5.39. The van der Waals surface area contributed by atoms with Gasteiger partial charge in [0, 0.05) is 30.9 Å². The van der Waals surface area contributed by atoms with E-state index in [4.69, 9.17) is 4.98 Å². The fourth-order valence-electron chi connectivity index (χ4n) is 2.57. The van der Waals surface area contributed by atoms with Gasteiger partial charge in [-0.25, -0.2) is 9.97 Å². The third-order valence-electron chi connectivity index (χ3n) is 3.63. The molecule has 1 aliphatic heterocycles. The van der Waals surface area contributed by atoms with Crippen molar-refractivity contribution < 1.29 is 0 Å². The smallest absolute Gasteiger partial charge is 0.147 e. The highest BCUT2D eigenvalue weighted by Crippen LogP contribution is 2.20. The molecule has 2 aromatic rings. The molecule has 3 rings (SSSR count). The summed E-state index contributed by atoms with van der Waals surface area (Å²) in [7, 11) is 2.14. The van der Waals surface area contributed by atoms with Crippen molar-refractivity contribution >= 4 is 0 Å². The molecule has 2 heterocycles. The fourth-order valence-corrected chi connectivity index (χ4v) is 2.57. The Bertz CT molecular complexity index is 582. The van der Waals surface area contributed by atoms with Gasteiger partial charge in [0.15, 0.2) is 0 Å². The van der Waals surface area contributed by atoms with Crippen molar-refractivity contribution in [1.29, 1.82) is 0 Å². The Balaban J connectivity index is 1.94. The Labute approximate surface area is 119 Å². The summed E-state index contributed by atoms with van der Waals surface area (Å²) < 4.78 is 0. The van der Waals surface area contributed by atoms with Crippen molar-refractivity contribution in [3.05, 3.63) is 47.9 Å². The van der Waals surface area contributed by atoms with Crippen LogP contribution >= 0.6 is 0 Å². The number of rotatable bonds is 2. The number of benzene rings is 1. The first-order valence-electron chi connectivity index (χ1n) is 7.05. The minimum Gasteiger partial charge on any atom is -0.305 e. The minimum atomic E-state index is 0.219. The normalized spacial score (nSPS) is 20.0. The van der Waals surface area contributed by atoms with Crippen LogP contribution in [0.2, 0.25) is 0 Å². The highest BCUT2D eigenvalue weighted by atomic mass is 15.2. The van der Waals surface area contributed by atoms with E-state index < -0.39 is 0 Å². The first-order chi connectivity index (χ1) is 9.72. The first-order valence-corrected chi connectivity index (χ1v) is 7.05. The van der Waals surface area contributed by atoms with Gasteiger partial charge in [0.25, 0.3) is 0 Å². The third kappa shape index (κ3) is 2.86. The van der Waals surface area contributed by atoms with Crippen molar-refractivity contribution in [2.75, 3.05) is 26.7 Å². The van der Waals surface area contributed by atoms with Crippen LogP contribution < -0.4 is 5.32 Å². The number of likely N-dealkylation sites (N-methyl/N-ethyl adjacent to an activating group) is 1. The van der Waals surface area contributed by atoms with E-state index in [0.29, 0.717) is 0 Å². The average molecular weight is 268 g/mol. The summed E-state index contributed by atoms with van der Waals surface area (Å²) in [4.78, 5) is 11.7. The lowest BCUT2D eigenvalue weighted by molar-refractivity contribution is 0.235. The third-order valence-corrected chi connectivity index (χ3v) is 3.63. The second kappa shape index (κ2) is 5.69. The van der Waals surface area contributed by atoms with Gasteiger partial charge in [-0.15, -0.1) is 0 Å². The lowest BCUT2D eigenvalue weighted by Gasteiger charge is -2.30. The molecule has 0 bridgehead atoms. The minimum absolute atomic E-state index is 0.219. The summed E-state index contributed by atoms with van der Waals surface area (Å²) in [6.07, 6.45) is 0. The zero-order valence-electron chi connectivity index (χ0n) is 12.0. The Morgan fingerprint density at radius 3 is 2.75 bits per heavy atom. The van der Waals surface area contributed by atoms with E-state index in [9.17, 15) is 0 Å². The van der Waals surface area contributed by atoms with Crippen molar-refractivity contribution in [2.45, 2.75) is 13.0 Å². The quantitative estimate of drug-likeness (QED) is 0.905. The molecule has 0 aliphatic carbocycles. The molecule has 1 N–H and O–H groups in total. The molecule has 1 fully saturated rings. The zero-order valence-corrected chi connectivity index (χ0v) is 12.0. The highest BCUT2D eigenvalue weighted by molar-refractivity contribution is 5.59. The largest absolute Gasteiger partial charge is 0.305 e. The molecule has 4 heteroatoms.